The molecule has 5 nitrogen and oxygen atoms in total. The minimum atomic E-state index is -1.13. The average Bonchev–Trinajstić information content (AvgIpc) is 3.36. The van der Waals surface area contributed by atoms with Crippen LogP contribution in [0.15, 0.2) is 42.5 Å². The minimum absolute atomic E-state index is 0.187. The first-order valence-electron chi connectivity index (χ1n) is 7.91. The van der Waals surface area contributed by atoms with E-state index >= 15 is 0 Å². The van der Waals surface area contributed by atoms with E-state index in [9.17, 15) is 18.8 Å². The van der Waals surface area contributed by atoms with Crippen LogP contribution in [0.4, 0.5) is 4.39 Å². The van der Waals surface area contributed by atoms with Gasteiger partial charge in [-0.05, 0) is 43.5 Å². The molecule has 0 unspecified atom stereocenters. The molecule has 0 radical (unpaired) electrons. The Morgan fingerprint density at radius 1 is 1.08 bits per heavy atom. The Labute approximate surface area is 143 Å². The first kappa shape index (κ1) is 15.5. The number of benzene rings is 2. The summed E-state index contributed by atoms with van der Waals surface area (Å²) in [5, 5.41) is 0.471. The molecule has 0 saturated heterocycles. The summed E-state index contributed by atoms with van der Waals surface area (Å²) in [7, 11) is 0. The molecule has 2 aromatic carbocycles. The third-order valence-electron chi connectivity index (χ3n) is 4.71. The normalized spacial score (nSPS) is 17.4. The van der Waals surface area contributed by atoms with Crippen molar-refractivity contribution in [3.05, 3.63) is 70.5 Å². The summed E-state index contributed by atoms with van der Waals surface area (Å²) in [6.45, 7) is 1.75. The number of carbonyl (C=O) groups is 3. The first-order chi connectivity index (χ1) is 11.9. The van der Waals surface area contributed by atoms with Crippen LogP contribution in [0, 0.1) is 12.7 Å². The van der Waals surface area contributed by atoms with Gasteiger partial charge in [0.25, 0.3) is 11.8 Å². The number of fused-ring (bicyclic) bond motifs is 1. The molecule has 1 fully saturated rings. The van der Waals surface area contributed by atoms with Gasteiger partial charge in [0, 0.05) is 5.56 Å². The highest BCUT2D eigenvalue weighted by molar-refractivity contribution is 6.21. The Balaban J connectivity index is 1.61. The number of amides is 2. The molecule has 6 heteroatoms. The lowest BCUT2D eigenvalue weighted by atomic mass is 9.94. The zero-order valence-electron chi connectivity index (χ0n) is 13.4. The molecule has 2 aliphatic rings. The molecule has 25 heavy (non-hydrogen) atoms. The summed E-state index contributed by atoms with van der Waals surface area (Å²) < 4.78 is 14.3. The highest BCUT2D eigenvalue weighted by Gasteiger charge is 2.56. The van der Waals surface area contributed by atoms with Crippen molar-refractivity contribution in [1.82, 2.24) is 5.06 Å². The van der Waals surface area contributed by atoms with Crippen LogP contribution in [0.5, 0.6) is 0 Å². The lowest BCUT2D eigenvalue weighted by Crippen LogP contribution is -2.37. The van der Waals surface area contributed by atoms with E-state index in [2.05, 4.69) is 0 Å². The number of hydrogen-bond donors (Lipinski definition) is 0. The molecular weight excluding hydrogens is 325 g/mol. The second-order valence-corrected chi connectivity index (χ2v) is 6.39. The van der Waals surface area contributed by atoms with Crippen molar-refractivity contribution in [1.29, 1.82) is 0 Å². The van der Waals surface area contributed by atoms with Crippen LogP contribution < -0.4 is 0 Å². The average molecular weight is 339 g/mol. The van der Waals surface area contributed by atoms with Crippen LogP contribution in [0.3, 0.4) is 0 Å². The molecule has 2 aromatic rings. The predicted molar refractivity (Wildman–Crippen MR) is 85.1 cm³/mol. The molecule has 0 aromatic heterocycles. The van der Waals surface area contributed by atoms with Gasteiger partial charge in [-0.1, -0.05) is 29.3 Å². The molecule has 4 rings (SSSR count). The highest BCUT2D eigenvalue weighted by atomic mass is 19.1. The maximum absolute atomic E-state index is 14.3. The number of imide groups is 1. The van der Waals surface area contributed by atoms with E-state index in [1.165, 1.54) is 18.2 Å². The Morgan fingerprint density at radius 3 is 2.20 bits per heavy atom. The third kappa shape index (κ3) is 2.25. The minimum Gasteiger partial charge on any atom is -0.329 e. The lowest BCUT2D eigenvalue weighted by Gasteiger charge is -2.19. The number of halogens is 1. The van der Waals surface area contributed by atoms with Gasteiger partial charge in [-0.25, -0.2) is 9.18 Å². The van der Waals surface area contributed by atoms with Gasteiger partial charge in [0.15, 0.2) is 0 Å². The zero-order chi connectivity index (χ0) is 17.8. The van der Waals surface area contributed by atoms with E-state index in [0.29, 0.717) is 17.9 Å². The molecule has 1 aliphatic heterocycles. The lowest BCUT2D eigenvalue weighted by molar-refractivity contribution is -0.172. The van der Waals surface area contributed by atoms with Crippen molar-refractivity contribution in [3.8, 4) is 0 Å². The quantitative estimate of drug-likeness (QED) is 0.807. The topological polar surface area (TPSA) is 63.7 Å². The fourth-order valence-corrected chi connectivity index (χ4v) is 3.14. The molecule has 0 N–H and O–H groups in total. The number of nitrogens with zero attached hydrogens (tertiary/aromatic N) is 1. The summed E-state index contributed by atoms with van der Waals surface area (Å²) in [4.78, 5) is 42.3. The van der Waals surface area contributed by atoms with Crippen molar-refractivity contribution >= 4 is 17.8 Å². The molecule has 0 bridgehead atoms. The predicted octanol–water partition coefficient (Wildman–Crippen LogP) is 2.92. The van der Waals surface area contributed by atoms with Crippen molar-refractivity contribution in [2.45, 2.75) is 25.2 Å². The van der Waals surface area contributed by atoms with Gasteiger partial charge in [-0.3, -0.25) is 9.59 Å². The molecule has 126 valence electrons. The molecule has 0 atom stereocenters. The second kappa shape index (κ2) is 5.24. The van der Waals surface area contributed by atoms with E-state index in [1.807, 2.05) is 0 Å². The fraction of sp³-hybridized carbons (Fsp3) is 0.211. The van der Waals surface area contributed by atoms with E-state index in [-0.39, 0.29) is 16.7 Å². The maximum atomic E-state index is 14.3. The molecular formula is C19H14FNO4. The van der Waals surface area contributed by atoms with Crippen molar-refractivity contribution in [2.75, 3.05) is 0 Å². The van der Waals surface area contributed by atoms with Crippen LogP contribution in [-0.4, -0.2) is 22.8 Å². The zero-order valence-corrected chi connectivity index (χ0v) is 13.4. The smallest absolute Gasteiger partial charge is 0.329 e. The van der Waals surface area contributed by atoms with E-state index < -0.39 is 29.0 Å². The van der Waals surface area contributed by atoms with Gasteiger partial charge in [0.05, 0.1) is 16.5 Å². The van der Waals surface area contributed by atoms with Crippen molar-refractivity contribution < 1.29 is 23.6 Å². The Morgan fingerprint density at radius 2 is 1.68 bits per heavy atom. The van der Waals surface area contributed by atoms with Gasteiger partial charge in [-0.2, -0.15) is 0 Å². The number of hydroxylamine groups is 2. The fourth-order valence-electron chi connectivity index (χ4n) is 3.14. The summed E-state index contributed by atoms with van der Waals surface area (Å²) >= 11 is 0. The second-order valence-electron chi connectivity index (χ2n) is 6.39. The maximum Gasteiger partial charge on any atom is 0.343 e. The highest BCUT2D eigenvalue weighted by Crippen LogP contribution is 2.50. The Kier molecular flexibility index (Phi) is 3.25. The number of aryl methyl sites for hydroxylation is 1. The van der Waals surface area contributed by atoms with Crippen LogP contribution >= 0.6 is 0 Å². The molecule has 0 spiro atoms. The standard InChI is InChI=1S/C19H14FNO4/c1-11-6-7-14(15(20)10-11)19(8-9-19)18(24)25-21-16(22)12-4-2-3-5-13(12)17(21)23/h2-7,10H,8-9H2,1H3. The monoisotopic (exact) mass is 339 g/mol. The van der Waals surface area contributed by atoms with Crippen LogP contribution in [0.2, 0.25) is 0 Å². The summed E-state index contributed by atoms with van der Waals surface area (Å²) in [6.07, 6.45) is 0.823. The van der Waals surface area contributed by atoms with Gasteiger partial charge < -0.3 is 4.84 Å². The summed E-state index contributed by atoms with van der Waals surface area (Å²) in [5.41, 5.74) is 0.219. The largest absolute Gasteiger partial charge is 0.343 e. The molecule has 1 heterocycles. The van der Waals surface area contributed by atoms with Crippen molar-refractivity contribution in [2.24, 2.45) is 0 Å². The van der Waals surface area contributed by atoms with Gasteiger partial charge in [0.2, 0.25) is 0 Å². The van der Waals surface area contributed by atoms with Crippen molar-refractivity contribution in [3.63, 3.8) is 0 Å². The van der Waals surface area contributed by atoms with E-state index in [0.717, 1.165) is 5.56 Å². The van der Waals surface area contributed by atoms with Crippen LogP contribution in [0.25, 0.3) is 0 Å². The van der Waals surface area contributed by atoms with Crippen LogP contribution in [0.1, 0.15) is 44.7 Å². The summed E-state index contributed by atoms with van der Waals surface area (Å²) in [5.74, 6) is -2.65. The van der Waals surface area contributed by atoms with Crippen LogP contribution in [-0.2, 0) is 15.0 Å². The third-order valence-corrected chi connectivity index (χ3v) is 4.71. The summed E-state index contributed by atoms with van der Waals surface area (Å²) in [6, 6.07) is 10.9. The van der Waals surface area contributed by atoms with E-state index in [1.54, 1.807) is 31.2 Å². The Hall–Kier alpha value is -3.02. The molecule has 1 aliphatic carbocycles. The Bertz CT molecular complexity index is 898. The SMILES string of the molecule is Cc1ccc(C2(C(=O)ON3C(=O)c4ccccc4C3=O)CC2)c(F)c1. The van der Waals surface area contributed by atoms with Gasteiger partial charge >= 0.3 is 5.97 Å². The first-order valence-corrected chi connectivity index (χ1v) is 7.91. The number of rotatable bonds is 3. The number of carbonyl (C=O) groups excluding carboxylic acids is 3. The number of hydrogen-bond acceptors (Lipinski definition) is 4. The molecule has 1 saturated carbocycles. The molecule has 2 amide bonds. The van der Waals surface area contributed by atoms with Gasteiger partial charge in [0.1, 0.15) is 5.82 Å². The van der Waals surface area contributed by atoms with E-state index in [4.69, 9.17) is 4.84 Å². The van der Waals surface area contributed by atoms with Gasteiger partial charge in [-0.15, -0.1) is 0 Å².